The van der Waals surface area contributed by atoms with E-state index in [-0.39, 0.29) is 5.56 Å². The molecule has 0 saturated heterocycles. The Bertz CT molecular complexity index is 362. The summed E-state index contributed by atoms with van der Waals surface area (Å²) in [5, 5.41) is 8.51. The monoisotopic (exact) mass is 227 g/mol. The molecule has 0 heterocycles. The van der Waals surface area contributed by atoms with Crippen molar-refractivity contribution in [3.8, 4) is 11.8 Å². The van der Waals surface area contributed by atoms with Gasteiger partial charge in [0, 0.05) is 11.9 Å². The maximum absolute atomic E-state index is 13.1. The number of ether oxygens (including phenoxy) is 1. The molecule has 0 saturated carbocycles. The van der Waals surface area contributed by atoms with E-state index in [0.29, 0.717) is 18.2 Å². The number of rotatable bonds is 5. The Balaban J connectivity index is 2.49. The van der Waals surface area contributed by atoms with Gasteiger partial charge in [0.05, 0.1) is 12.2 Å². The molecule has 1 rings (SSSR count). The van der Waals surface area contributed by atoms with Gasteiger partial charge in [0.25, 0.3) is 0 Å². The molecule has 0 spiro atoms. The van der Waals surface area contributed by atoms with E-state index in [1.54, 1.807) is 12.1 Å². The van der Waals surface area contributed by atoms with E-state index in [2.05, 4.69) is 0 Å². The average Bonchev–Trinajstić information content (AvgIpc) is 2.25. The number of hydrogen-bond donors (Lipinski definition) is 0. The van der Waals surface area contributed by atoms with Crippen LogP contribution in [0.2, 0.25) is 0 Å². The molecule has 0 aliphatic rings. The fourth-order valence-corrected chi connectivity index (χ4v) is 1.25. The molecule has 0 aliphatic carbocycles. The molecule has 0 fully saturated rings. The second kappa shape index (κ2) is 6.26. The topological polar surface area (TPSA) is 33.0 Å². The van der Waals surface area contributed by atoms with Crippen molar-refractivity contribution in [1.29, 1.82) is 5.26 Å². The molecule has 0 radical (unpaired) electrons. The summed E-state index contributed by atoms with van der Waals surface area (Å²) in [6.07, 6.45) is 1.71. The molecule has 0 amide bonds. The van der Waals surface area contributed by atoms with Crippen molar-refractivity contribution in [1.82, 2.24) is 0 Å². The zero-order chi connectivity index (χ0) is 11.1. The highest BCUT2D eigenvalue weighted by atomic mass is 35.5. The van der Waals surface area contributed by atoms with Crippen molar-refractivity contribution in [2.45, 2.75) is 12.8 Å². The lowest BCUT2D eigenvalue weighted by molar-refractivity contribution is 0.308. The number of nitrogens with zero attached hydrogens (tertiary/aromatic N) is 1. The third-order valence-electron chi connectivity index (χ3n) is 1.86. The van der Waals surface area contributed by atoms with Crippen molar-refractivity contribution < 1.29 is 9.13 Å². The number of benzene rings is 1. The summed E-state index contributed by atoms with van der Waals surface area (Å²) in [7, 11) is 0. The van der Waals surface area contributed by atoms with Crippen LogP contribution in [0.1, 0.15) is 18.4 Å². The highest BCUT2D eigenvalue weighted by Gasteiger charge is 2.02. The van der Waals surface area contributed by atoms with Gasteiger partial charge >= 0.3 is 0 Å². The molecule has 15 heavy (non-hydrogen) atoms. The van der Waals surface area contributed by atoms with Gasteiger partial charge in [0.2, 0.25) is 0 Å². The summed E-state index contributed by atoms with van der Waals surface area (Å²) in [6.45, 7) is 0.512. The summed E-state index contributed by atoms with van der Waals surface area (Å²) in [5.74, 6) is 0.499. The number of nitriles is 1. The van der Waals surface area contributed by atoms with Crippen molar-refractivity contribution >= 4 is 11.6 Å². The second-order valence-electron chi connectivity index (χ2n) is 3.00. The number of halogens is 2. The first-order valence-electron chi connectivity index (χ1n) is 4.66. The van der Waals surface area contributed by atoms with Crippen LogP contribution in [0.25, 0.3) is 0 Å². The van der Waals surface area contributed by atoms with E-state index >= 15 is 0 Å². The second-order valence-corrected chi connectivity index (χ2v) is 3.38. The lowest BCUT2D eigenvalue weighted by Crippen LogP contribution is -1.98. The van der Waals surface area contributed by atoms with E-state index in [9.17, 15) is 4.39 Å². The zero-order valence-electron chi connectivity index (χ0n) is 8.17. The van der Waals surface area contributed by atoms with Gasteiger partial charge in [-0.2, -0.15) is 5.26 Å². The minimum absolute atomic E-state index is 0.0307. The fraction of sp³-hybridized carbons (Fsp3) is 0.364. The summed E-state index contributed by atoms with van der Waals surface area (Å²) in [4.78, 5) is 0. The van der Waals surface area contributed by atoms with Gasteiger partial charge in [0.15, 0.2) is 0 Å². The van der Waals surface area contributed by atoms with Crippen molar-refractivity contribution in [2.24, 2.45) is 0 Å². The maximum atomic E-state index is 13.1. The Morgan fingerprint density at radius 3 is 2.80 bits per heavy atom. The van der Waals surface area contributed by atoms with Gasteiger partial charge in [-0.15, -0.1) is 11.6 Å². The molecule has 2 nitrogen and oxygen atoms in total. The van der Waals surface area contributed by atoms with Crippen molar-refractivity contribution in [3.63, 3.8) is 0 Å². The summed E-state index contributed by atoms with van der Waals surface area (Å²) in [6, 6.07) is 5.97. The first-order chi connectivity index (χ1) is 7.27. The van der Waals surface area contributed by atoms with E-state index in [1.165, 1.54) is 12.1 Å². The standard InChI is InChI=1S/C11H11ClFNO/c12-5-1-2-6-15-10-4-3-9(8-14)11(13)7-10/h3-4,7H,1-2,5-6H2. The average molecular weight is 228 g/mol. The third kappa shape index (κ3) is 3.77. The molecule has 0 bridgehead atoms. The fourth-order valence-electron chi connectivity index (χ4n) is 1.06. The van der Waals surface area contributed by atoms with E-state index in [4.69, 9.17) is 21.6 Å². The van der Waals surface area contributed by atoms with Crippen LogP contribution < -0.4 is 4.74 Å². The molecule has 0 N–H and O–H groups in total. The largest absolute Gasteiger partial charge is 0.493 e. The normalized spacial score (nSPS) is 9.67. The Labute approximate surface area is 93.2 Å². The molecule has 0 aliphatic heterocycles. The number of hydrogen-bond acceptors (Lipinski definition) is 2. The van der Waals surface area contributed by atoms with Crippen LogP contribution in [0.5, 0.6) is 5.75 Å². The Morgan fingerprint density at radius 1 is 1.40 bits per heavy atom. The van der Waals surface area contributed by atoms with Gasteiger partial charge in [-0.3, -0.25) is 0 Å². The highest BCUT2D eigenvalue weighted by molar-refractivity contribution is 6.17. The molecule has 0 unspecified atom stereocenters. The van der Waals surface area contributed by atoms with Crippen LogP contribution in [-0.4, -0.2) is 12.5 Å². The quantitative estimate of drug-likeness (QED) is 0.572. The Hall–Kier alpha value is -1.27. The molecule has 0 aromatic heterocycles. The first kappa shape index (κ1) is 11.8. The van der Waals surface area contributed by atoms with E-state index < -0.39 is 5.82 Å². The lowest BCUT2D eigenvalue weighted by atomic mass is 10.2. The first-order valence-corrected chi connectivity index (χ1v) is 5.20. The summed E-state index contributed by atoms with van der Waals surface area (Å²) >= 11 is 5.50. The lowest BCUT2D eigenvalue weighted by Gasteiger charge is -2.05. The zero-order valence-corrected chi connectivity index (χ0v) is 8.93. The van der Waals surface area contributed by atoms with Gasteiger partial charge in [-0.1, -0.05) is 0 Å². The summed E-state index contributed by atoms with van der Waals surface area (Å²) in [5.41, 5.74) is 0.0307. The number of unbranched alkanes of at least 4 members (excludes halogenated alkanes) is 1. The minimum Gasteiger partial charge on any atom is -0.493 e. The van der Waals surface area contributed by atoms with E-state index in [1.807, 2.05) is 0 Å². The van der Waals surface area contributed by atoms with Crippen LogP contribution in [0.15, 0.2) is 18.2 Å². The molecule has 1 aromatic rings. The summed E-state index contributed by atoms with van der Waals surface area (Å²) < 4.78 is 18.4. The van der Waals surface area contributed by atoms with Crippen LogP contribution in [0, 0.1) is 17.1 Å². The highest BCUT2D eigenvalue weighted by Crippen LogP contribution is 2.16. The van der Waals surface area contributed by atoms with Gasteiger partial charge in [-0.25, -0.2) is 4.39 Å². The van der Waals surface area contributed by atoms with Gasteiger partial charge < -0.3 is 4.74 Å². The molecule has 80 valence electrons. The molecular weight excluding hydrogens is 217 g/mol. The van der Waals surface area contributed by atoms with Crippen molar-refractivity contribution in [2.75, 3.05) is 12.5 Å². The smallest absolute Gasteiger partial charge is 0.144 e. The molecule has 0 atom stereocenters. The molecule has 4 heteroatoms. The predicted octanol–water partition coefficient (Wildman–Crippen LogP) is 3.10. The third-order valence-corrected chi connectivity index (χ3v) is 2.12. The Morgan fingerprint density at radius 2 is 2.20 bits per heavy atom. The molecule has 1 aromatic carbocycles. The van der Waals surface area contributed by atoms with Crippen LogP contribution in [0.3, 0.4) is 0 Å². The van der Waals surface area contributed by atoms with Crippen LogP contribution >= 0.6 is 11.6 Å². The Kier molecular flexibility index (Phi) is 4.92. The van der Waals surface area contributed by atoms with Crippen LogP contribution in [-0.2, 0) is 0 Å². The van der Waals surface area contributed by atoms with E-state index in [0.717, 1.165) is 12.8 Å². The molecular formula is C11H11ClFNO. The SMILES string of the molecule is N#Cc1ccc(OCCCCCl)cc1F. The predicted molar refractivity (Wildman–Crippen MR) is 56.6 cm³/mol. The van der Waals surface area contributed by atoms with Gasteiger partial charge in [-0.05, 0) is 25.0 Å². The number of alkyl halides is 1. The van der Waals surface area contributed by atoms with Crippen LogP contribution in [0.4, 0.5) is 4.39 Å². The van der Waals surface area contributed by atoms with Crippen molar-refractivity contribution in [3.05, 3.63) is 29.6 Å². The minimum atomic E-state index is -0.549. The maximum Gasteiger partial charge on any atom is 0.144 e. The van der Waals surface area contributed by atoms with Gasteiger partial charge in [0.1, 0.15) is 17.6 Å².